The minimum atomic E-state index is -0.451. The van der Waals surface area contributed by atoms with Gasteiger partial charge in [-0.05, 0) is 14.0 Å². The van der Waals surface area contributed by atoms with Gasteiger partial charge in [0.15, 0.2) is 0 Å². The van der Waals surface area contributed by atoms with Gasteiger partial charge in [-0.1, -0.05) is 6.58 Å². The van der Waals surface area contributed by atoms with Gasteiger partial charge in [0.25, 0.3) is 0 Å². The van der Waals surface area contributed by atoms with Crippen LogP contribution in [0.2, 0.25) is 0 Å². The third-order valence-electron chi connectivity index (χ3n) is 1.17. The Morgan fingerprint density at radius 2 is 2.42 bits per heavy atom. The van der Waals surface area contributed by atoms with Crippen LogP contribution in [0.25, 0.3) is 0 Å². The molecule has 1 atom stereocenters. The van der Waals surface area contributed by atoms with Crippen molar-refractivity contribution in [2.24, 2.45) is 0 Å². The number of aliphatic hydroxyl groups is 1. The quantitative estimate of drug-likeness (QED) is 0.361. The highest BCUT2D eigenvalue weighted by atomic mass is 16.5. The lowest BCUT2D eigenvalue weighted by Gasteiger charge is -2.17. The summed E-state index contributed by atoms with van der Waals surface area (Å²) in [4.78, 5) is 12.3. The fourth-order valence-electron chi connectivity index (χ4n) is 0.737. The molecule has 0 rings (SSSR count). The van der Waals surface area contributed by atoms with Crippen molar-refractivity contribution >= 4 is 5.97 Å². The van der Waals surface area contributed by atoms with E-state index in [-0.39, 0.29) is 6.73 Å². The molecule has 0 aliphatic carbocycles. The first kappa shape index (κ1) is 11.1. The SMILES string of the molecule is C=CC(=O)OCN(C)CC(C)O. The highest BCUT2D eigenvalue weighted by molar-refractivity contribution is 5.81. The van der Waals surface area contributed by atoms with Gasteiger partial charge in [0, 0.05) is 12.6 Å². The number of carbonyl (C=O) groups is 1. The molecule has 0 aromatic heterocycles. The third-order valence-corrected chi connectivity index (χ3v) is 1.17. The van der Waals surface area contributed by atoms with Crippen molar-refractivity contribution in [3.05, 3.63) is 12.7 Å². The Kier molecular flexibility index (Phi) is 5.32. The lowest BCUT2D eigenvalue weighted by atomic mass is 10.4. The van der Waals surface area contributed by atoms with E-state index < -0.39 is 12.1 Å². The number of likely N-dealkylation sites (N-methyl/N-ethyl adjacent to an activating group) is 1. The van der Waals surface area contributed by atoms with Gasteiger partial charge in [-0.3, -0.25) is 4.90 Å². The fourth-order valence-corrected chi connectivity index (χ4v) is 0.737. The molecule has 0 fully saturated rings. The maximum absolute atomic E-state index is 10.6. The highest BCUT2D eigenvalue weighted by Crippen LogP contribution is 1.89. The third kappa shape index (κ3) is 5.88. The summed E-state index contributed by atoms with van der Waals surface area (Å²) in [7, 11) is 1.75. The van der Waals surface area contributed by atoms with Crippen LogP contribution in [0.5, 0.6) is 0 Å². The van der Waals surface area contributed by atoms with Crippen LogP contribution in [0.1, 0.15) is 6.92 Å². The predicted octanol–water partition coefficient (Wildman–Crippen LogP) is -0.0143. The molecule has 1 unspecified atom stereocenters. The molecule has 12 heavy (non-hydrogen) atoms. The molecule has 0 saturated carbocycles. The summed E-state index contributed by atoms with van der Waals surface area (Å²) in [6.45, 7) is 5.58. The predicted molar refractivity (Wildman–Crippen MR) is 45.5 cm³/mol. The highest BCUT2D eigenvalue weighted by Gasteiger charge is 2.03. The van der Waals surface area contributed by atoms with Crippen molar-refractivity contribution in [1.82, 2.24) is 4.90 Å². The van der Waals surface area contributed by atoms with Gasteiger partial charge >= 0.3 is 5.97 Å². The number of ether oxygens (including phenoxy) is 1. The van der Waals surface area contributed by atoms with E-state index >= 15 is 0 Å². The largest absolute Gasteiger partial charge is 0.446 e. The minimum Gasteiger partial charge on any atom is -0.446 e. The Balaban J connectivity index is 3.49. The standard InChI is InChI=1S/C8H15NO3/c1-4-8(11)12-6-9(3)5-7(2)10/h4,7,10H,1,5-6H2,2-3H3. The van der Waals surface area contributed by atoms with Gasteiger partial charge in [-0.15, -0.1) is 0 Å². The van der Waals surface area contributed by atoms with Gasteiger partial charge in [-0.2, -0.15) is 0 Å². The molecule has 0 radical (unpaired) electrons. The van der Waals surface area contributed by atoms with Crippen LogP contribution in [0.4, 0.5) is 0 Å². The number of esters is 1. The molecule has 0 aromatic rings. The summed E-state index contributed by atoms with van der Waals surface area (Å²) in [5.41, 5.74) is 0. The van der Waals surface area contributed by atoms with E-state index in [4.69, 9.17) is 9.84 Å². The van der Waals surface area contributed by atoms with Gasteiger partial charge in [-0.25, -0.2) is 4.79 Å². The van der Waals surface area contributed by atoms with E-state index in [9.17, 15) is 4.79 Å². The Hall–Kier alpha value is -0.870. The van der Waals surface area contributed by atoms with E-state index in [1.54, 1.807) is 18.9 Å². The van der Waals surface area contributed by atoms with E-state index in [1.165, 1.54) is 0 Å². The molecule has 0 bridgehead atoms. The molecule has 4 nitrogen and oxygen atoms in total. The number of hydrogen-bond donors (Lipinski definition) is 1. The monoisotopic (exact) mass is 173 g/mol. The molecule has 0 saturated heterocycles. The molecule has 0 heterocycles. The molecule has 4 heteroatoms. The first-order valence-electron chi connectivity index (χ1n) is 3.72. The topological polar surface area (TPSA) is 49.8 Å². The van der Waals surface area contributed by atoms with E-state index in [0.29, 0.717) is 6.54 Å². The smallest absolute Gasteiger partial charge is 0.331 e. The number of carbonyl (C=O) groups excluding carboxylic acids is 1. The van der Waals surface area contributed by atoms with Crippen LogP contribution in [0.15, 0.2) is 12.7 Å². The van der Waals surface area contributed by atoms with Crippen molar-refractivity contribution in [3.8, 4) is 0 Å². The summed E-state index contributed by atoms with van der Waals surface area (Å²) >= 11 is 0. The first-order chi connectivity index (χ1) is 5.56. The number of hydrogen-bond acceptors (Lipinski definition) is 4. The molecule has 0 amide bonds. The number of nitrogens with zero attached hydrogens (tertiary/aromatic N) is 1. The summed E-state index contributed by atoms with van der Waals surface area (Å²) in [6, 6.07) is 0. The average Bonchev–Trinajstić information content (AvgIpc) is 1.99. The maximum atomic E-state index is 10.6. The van der Waals surface area contributed by atoms with Gasteiger partial charge < -0.3 is 9.84 Å². The van der Waals surface area contributed by atoms with E-state index in [2.05, 4.69) is 6.58 Å². The zero-order chi connectivity index (χ0) is 9.56. The molecule has 0 spiro atoms. The summed E-state index contributed by atoms with van der Waals surface area (Å²) in [6.07, 6.45) is 0.688. The van der Waals surface area contributed by atoms with E-state index in [1.807, 2.05) is 0 Å². The summed E-state index contributed by atoms with van der Waals surface area (Å²) in [5.74, 6) is -0.451. The van der Waals surface area contributed by atoms with Gasteiger partial charge in [0.2, 0.25) is 0 Å². The number of aliphatic hydroxyl groups excluding tert-OH is 1. The zero-order valence-electron chi connectivity index (χ0n) is 7.49. The average molecular weight is 173 g/mol. The molecular formula is C8H15NO3. The van der Waals surface area contributed by atoms with Crippen LogP contribution in [-0.4, -0.2) is 42.4 Å². The maximum Gasteiger partial charge on any atom is 0.331 e. The molecular weight excluding hydrogens is 158 g/mol. The second kappa shape index (κ2) is 5.74. The van der Waals surface area contributed by atoms with Crippen LogP contribution in [0.3, 0.4) is 0 Å². The van der Waals surface area contributed by atoms with Crippen molar-refractivity contribution in [1.29, 1.82) is 0 Å². The molecule has 70 valence electrons. The Labute approximate surface area is 72.4 Å². The molecule has 0 aliphatic rings. The zero-order valence-corrected chi connectivity index (χ0v) is 7.49. The van der Waals surface area contributed by atoms with Gasteiger partial charge in [0.05, 0.1) is 6.10 Å². The minimum absolute atomic E-state index is 0.176. The second-order valence-corrected chi connectivity index (χ2v) is 2.68. The molecule has 0 aliphatic heterocycles. The fraction of sp³-hybridized carbons (Fsp3) is 0.625. The second-order valence-electron chi connectivity index (χ2n) is 2.68. The normalized spacial score (nSPS) is 12.7. The van der Waals surface area contributed by atoms with Crippen molar-refractivity contribution in [2.75, 3.05) is 20.3 Å². The Morgan fingerprint density at radius 3 is 2.83 bits per heavy atom. The van der Waals surface area contributed by atoms with E-state index in [0.717, 1.165) is 6.08 Å². The molecule has 0 aromatic carbocycles. The van der Waals surface area contributed by atoms with Crippen LogP contribution in [0, 0.1) is 0 Å². The summed E-state index contributed by atoms with van der Waals surface area (Å²) in [5, 5.41) is 8.94. The lowest BCUT2D eigenvalue weighted by Crippen LogP contribution is -2.30. The molecule has 1 N–H and O–H groups in total. The summed E-state index contributed by atoms with van der Waals surface area (Å²) < 4.78 is 4.71. The van der Waals surface area contributed by atoms with Crippen molar-refractivity contribution in [3.63, 3.8) is 0 Å². The van der Waals surface area contributed by atoms with Crippen LogP contribution < -0.4 is 0 Å². The van der Waals surface area contributed by atoms with Crippen molar-refractivity contribution < 1.29 is 14.6 Å². The van der Waals surface area contributed by atoms with Crippen molar-refractivity contribution in [2.45, 2.75) is 13.0 Å². The first-order valence-corrected chi connectivity index (χ1v) is 3.72. The Morgan fingerprint density at radius 1 is 1.83 bits per heavy atom. The Bertz CT molecular complexity index is 156. The lowest BCUT2D eigenvalue weighted by molar-refractivity contribution is -0.142. The van der Waals surface area contributed by atoms with Gasteiger partial charge in [0.1, 0.15) is 6.73 Å². The van der Waals surface area contributed by atoms with Crippen LogP contribution >= 0.6 is 0 Å². The van der Waals surface area contributed by atoms with Crippen LogP contribution in [-0.2, 0) is 9.53 Å². The number of rotatable bonds is 5.